The Hall–Kier alpha value is -1.59. The predicted octanol–water partition coefficient (Wildman–Crippen LogP) is 2.06. The molecule has 1 aliphatic carbocycles. The third-order valence-corrected chi connectivity index (χ3v) is 4.75. The molecule has 132 valence electrons. The highest BCUT2D eigenvalue weighted by atomic mass is 35.5. The van der Waals surface area contributed by atoms with Crippen LogP contribution in [-0.4, -0.2) is 49.4 Å². The topological polar surface area (TPSA) is 52.7 Å². The SMILES string of the molecule is CN(C(=O)CNCC1CC1)C1CCCN(c2ccccc2)C1=O.Cl. The highest BCUT2D eigenvalue weighted by molar-refractivity contribution is 6.00. The number of rotatable bonds is 6. The minimum atomic E-state index is -0.348. The summed E-state index contributed by atoms with van der Waals surface area (Å²) in [6, 6.07) is 9.35. The van der Waals surface area contributed by atoms with E-state index < -0.39 is 0 Å². The Morgan fingerprint density at radius 2 is 1.96 bits per heavy atom. The van der Waals surface area contributed by atoms with E-state index in [0.29, 0.717) is 6.54 Å². The van der Waals surface area contributed by atoms with Crippen LogP contribution in [0.25, 0.3) is 0 Å². The van der Waals surface area contributed by atoms with Gasteiger partial charge in [0, 0.05) is 19.3 Å². The zero-order valence-electron chi connectivity index (χ0n) is 14.1. The van der Waals surface area contributed by atoms with Crippen molar-refractivity contribution in [3.63, 3.8) is 0 Å². The minimum absolute atomic E-state index is 0. The van der Waals surface area contributed by atoms with Crippen LogP contribution in [0.1, 0.15) is 25.7 Å². The van der Waals surface area contributed by atoms with Crippen molar-refractivity contribution in [1.82, 2.24) is 10.2 Å². The van der Waals surface area contributed by atoms with Crippen molar-refractivity contribution in [2.75, 3.05) is 31.6 Å². The molecule has 1 unspecified atom stereocenters. The molecule has 1 aliphatic heterocycles. The molecule has 0 radical (unpaired) electrons. The number of para-hydroxylation sites is 1. The van der Waals surface area contributed by atoms with Gasteiger partial charge in [0.25, 0.3) is 0 Å². The normalized spacial score (nSPS) is 20.5. The first-order valence-electron chi connectivity index (χ1n) is 8.49. The number of anilines is 1. The van der Waals surface area contributed by atoms with Gasteiger partial charge < -0.3 is 15.1 Å². The van der Waals surface area contributed by atoms with Gasteiger partial charge >= 0.3 is 0 Å². The molecular weight excluding hydrogens is 326 g/mol. The van der Waals surface area contributed by atoms with Gasteiger partial charge in [0.2, 0.25) is 11.8 Å². The second kappa shape index (κ2) is 8.49. The number of carbonyl (C=O) groups excluding carboxylic acids is 2. The van der Waals surface area contributed by atoms with Crippen LogP contribution in [0.15, 0.2) is 30.3 Å². The number of piperidine rings is 1. The number of halogens is 1. The average molecular weight is 352 g/mol. The van der Waals surface area contributed by atoms with Gasteiger partial charge in [-0.25, -0.2) is 0 Å². The molecule has 1 aromatic carbocycles. The van der Waals surface area contributed by atoms with E-state index in [4.69, 9.17) is 0 Å². The maximum absolute atomic E-state index is 12.8. The van der Waals surface area contributed by atoms with Crippen molar-refractivity contribution in [3.05, 3.63) is 30.3 Å². The Bertz CT molecular complexity index is 563. The maximum Gasteiger partial charge on any atom is 0.249 e. The monoisotopic (exact) mass is 351 g/mol. The Morgan fingerprint density at radius 1 is 1.25 bits per heavy atom. The van der Waals surface area contributed by atoms with Crippen LogP contribution in [0, 0.1) is 5.92 Å². The molecule has 2 amide bonds. The highest BCUT2D eigenvalue weighted by Crippen LogP contribution is 2.27. The van der Waals surface area contributed by atoms with Crippen LogP contribution in [0.4, 0.5) is 5.69 Å². The lowest BCUT2D eigenvalue weighted by Gasteiger charge is -2.36. The highest BCUT2D eigenvalue weighted by Gasteiger charge is 2.34. The molecule has 24 heavy (non-hydrogen) atoms. The summed E-state index contributed by atoms with van der Waals surface area (Å²) in [5.74, 6) is 0.775. The lowest BCUT2D eigenvalue weighted by molar-refractivity contribution is -0.138. The second-order valence-electron chi connectivity index (χ2n) is 6.56. The van der Waals surface area contributed by atoms with Gasteiger partial charge in [-0.3, -0.25) is 9.59 Å². The molecule has 2 aliphatic rings. The lowest BCUT2D eigenvalue weighted by atomic mass is 10.0. The minimum Gasteiger partial charge on any atom is -0.333 e. The van der Waals surface area contributed by atoms with Gasteiger partial charge in [-0.05, 0) is 50.3 Å². The van der Waals surface area contributed by atoms with Crippen LogP contribution in [-0.2, 0) is 9.59 Å². The number of hydrogen-bond donors (Lipinski definition) is 1. The zero-order valence-corrected chi connectivity index (χ0v) is 14.9. The van der Waals surface area contributed by atoms with Crippen molar-refractivity contribution in [1.29, 1.82) is 0 Å². The van der Waals surface area contributed by atoms with Crippen LogP contribution < -0.4 is 10.2 Å². The fourth-order valence-corrected chi connectivity index (χ4v) is 3.08. The fourth-order valence-electron chi connectivity index (χ4n) is 3.08. The Kier molecular flexibility index (Phi) is 6.63. The predicted molar refractivity (Wildman–Crippen MR) is 97.4 cm³/mol. The molecule has 1 saturated heterocycles. The number of carbonyl (C=O) groups is 2. The zero-order chi connectivity index (χ0) is 16.2. The van der Waals surface area contributed by atoms with Crippen molar-refractivity contribution in [2.24, 2.45) is 5.92 Å². The first-order chi connectivity index (χ1) is 11.2. The number of benzene rings is 1. The summed E-state index contributed by atoms with van der Waals surface area (Å²) in [7, 11) is 1.75. The van der Waals surface area contributed by atoms with Gasteiger partial charge in [0.05, 0.1) is 6.54 Å². The van der Waals surface area contributed by atoms with E-state index >= 15 is 0 Å². The van der Waals surface area contributed by atoms with E-state index in [2.05, 4.69) is 5.32 Å². The molecule has 0 aromatic heterocycles. The van der Waals surface area contributed by atoms with E-state index in [-0.39, 0.29) is 30.3 Å². The number of hydrogen-bond acceptors (Lipinski definition) is 3. The summed E-state index contributed by atoms with van der Waals surface area (Å²) < 4.78 is 0. The third kappa shape index (κ3) is 4.48. The van der Waals surface area contributed by atoms with Gasteiger partial charge in [0.15, 0.2) is 0 Å². The van der Waals surface area contributed by atoms with E-state index in [1.54, 1.807) is 16.8 Å². The summed E-state index contributed by atoms with van der Waals surface area (Å²) in [5.41, 5.74) is 0.912. The Morgan fingerprint density at radius 3 is 2.62 bits per heavy atom. The molecule has 1 saturated carbocycles. The summed E-state index contributed by atoms with van der Waals surface area (Å²) >= 11 is 0. The molecule has 2 fully saturated rings. The molecule has 1 atom stereocenters. The molecule has 5 nitrogen and oxygen atoms in total. The number of amides is 2. The van der Waals surface area contributed by atoms with Crippen LogP contribution in [0.5, 0.6) is 0 Å². The Balaban J connectivity index is 0.00000208. The fraction of sp³-hybridized carbons (Fsp3) is 0.556. The molecule has 1 heterocycles. The smallest absolute Gasteiger partial charge is 0.249 e. The van der Waals surface area contributed by atoms with Gasteiger partial charge in [0.1, 0.15) is 6.04 Å². The molecular formula is C18H26ClN3O2. The maximum atomic E-state index is 12.8. The lowest BCUT2D eigenvalue weighted by Crippen LogP contribution is -2.54. The molecule has 1 N–H and O–H groups in total. The van der Waals surface area contributed by atoms with Crippen LogP contribution >= 0.6 is 12.4 Å². The van der Waals surface area contributed by atoms with E-state index in [1.807, 2.05) is 30.3 Å². The van der Waals surface area contributed by atoms with E-state index in [0.717, 1.165) is 37.5 Å². The number of nitrogens with zero attached hydrogens (tertiary/aromatic N) is 2. The van der Waals surface area contributed by atoms with E-state index in [1.165, 1.54) is 12.8 Å². The average Bonchev–Trinajstić information content (AvgIpc) is 3.39. The molecule has 0 spiro atoms. The first-order valence-corrected chi connectivity index (χ1v) is 8.49. The van der Waals surface area contributed by atoms with Gasteiger partial charge in [-0.2, -0.15) is 0 Å². The summed E-state index contributed by atoms with van der Waals surface area (Å²) in [4.78, 5) is 28.5. The standard InChI is InChI=1S/C18H25N3O2.ClH/c1-20(17(22)13-19-12-14-9-10-14)16-8-5-11-21(18(16)23)15-6-3-2-4-7-15;/h2-4,6-7,14,16,19H,5,8-13H2,1H3;1H. The summed E-state index contributed by atoms with van der Waals surface area (Å²) in [5, 5.41) is 3.21. The van der Waals surface area contributed by atoms with Gasteiger partial charge in [-0.1, -0.05) is 18.2 Å². The number of likely N-dealkylation sites (N-methyl/N-ethyl adjacent to an activating group) is 1. The first kappa shape index (κ1) is 18.7. The van der Waals surface area contributed by atoms with Crippen LogP contribution in [0.3, 0.4) is 0 Å². The third-order valence-electron chi connectivity index (χ3n) is 4.75. The van der Waals surface area contributed by atoms with Gasteiger partial charge in [-0.15, -0.1) is 12.4 Å². The molecule has 6 heteroatoms. The van der Waals surface area contributed by atoms with Crippen molar-refractivity contribution in [3.8, 4) is 0 Å². The molecule has 3 rings (SSSR count). The molecule has 1 aromatic rings. The summed E-state index contributed by atoms with van der Waals surface area (Å²) in [6.07, 6.45) is 4.19. The van der Waals surface area contributed by atoms with E-state index in [9.17, 15) is 9.59 Å². The van der Waals surface area contributed by atoms with Crippen LogP contribution in [0.2, 0.25) is 0 Å². The van der Waals surface area contributed by atoms with Crippen molar-refractivity contribution in [2.45, 2.75) is 31.7 Å². The quantitative estimate of drug-likeness (QED) is 0.853. The summed E-state index contributed by atoms with van der Waals surface area (Å²) in [6.45, 7) is 1.96. The van der Waals surface area contributed by atoms with Crippen molar-refractivity contribution < 1.29 is 9.59 Å². The largest absolute Gasteiger partial charge is 0.333 e. The molecule has 0 bridgehead atoms. The number of nitrogens with one attached hydrogen (secondary N) is 1. The van der Waals surface area contributed by atoms with Crippen molar-refractivity contribution >= 4 is 29.9 Å². The Labute approximate surface area is 149 Å². The second-order valence-corrected chi connectivity index (χ2v) is 6.56.